The number of ketones is 2. The van der Waals surface area contributed by atoms with E-state index in [1.807, 2.05) is 12.1 Å². The molecule has 16 heavy (non-hydrogen) atoms. The van der Waals surface area contributed by atoms with Crippen molar-refractivity contribution in [2.45, 2.75) is 33.6 Å². The average molecular weight is 218 g/mol. The first-order valence-electron chi connectivity index (χ1n) is 5.73. The summed E-state index contributed by atoms with van der Waals surface area (Å²) in [7, 11) is 0. The van der Waals surface area contributed by atoms with Gasteiger partial charge < -0.3 is 0 Å². The lowest BCUT2D eigenvalue weighted by Gasteiger charge is -2.04. The van der Waals surface area contributed by atoms with Crippen molar-refractivity contribution < 1.29 is 9.59 Å². The van der Waals surface area contributed by atoms with Crippen LogP contribution in [0.4, 0.5) is 0 Å². The fourth-order valence-corrected chi connectivity index (χ4v) is 1.52. The Balaban J connectivity index is 2.81. The van der Waals surface area contributed by atoms with Gasteiger partial charge in [-0.1, -0.05) is 51.5 Å². The lowest BCUT2D eigenvalue weighted by atomic mass is 9.98. The molecule has 0 heterocycles. The summed E-state index contributed by atoms with van der Waals surface area (Å²) in [4.78, 5) is 23.2. The number of hydrogen-bond acceptors (Lipinski definition) is 2. The molecule has 0 saturated carbocycles. The van der Waals surface area contributed by atoms with Crippen molar-refractivity contribution in [2.24, 2.45) is 5.92 Å². The van der Waals surface area contributed by atoms with Crippen LogP contribution < -0.4 is 0 Å². The van der Waals surface area contributed by atoms with E-state index in [1.165, 1.54) is 5.56 Å². The fraction of sp³-hybridized carbons (Fsp3) is 0.429. The van der Waals surface area contributed by atoms with Crippen molar-refractivity contribution in [3.8, 4) is 0 Å². The lowest BCUT2D eigenvalue weighted by molar-refractivity contribution is -0.117. The summed E-state index contributed by atoms with van der Waals surface area (Å²) < 4.78 is 0. The number of aryl methyl sites for hydroxylation is 1. The monoisotopic (exact) mass is 218 g/mol. The van der Waals surface area contributed by atoms with Crippen LogP contribution in [0.1, 0.15) is 43.1 Å². The molecule has 0 bridgehead atoms. The maximum Gasteiger partial charge on any atom is 0.228 e. The Bertz CT molecular complexity index is 374. The molecule has 0 N–H and O–H groups in total. The van der Waals surface area contributed by atoms with Gasteiger partial charge in [-0.2, -0.15) is 0 Å². The molecule has 2 nitrogen and oxygen atoms in total. The Hall–Kier alpha value is -1.44. The third-order valence-corrected chi connectivity index (χ3v) is 2.50. The number of benzene rings is 1. The molecule has 0 aromatic heterocycles. The van der Waals surface area contributed by atoms with Gasteiger partial charge in [0, 0.05) is 11.5 Å². The minimum Gasteiger partial charge on any atom is -0.290 e. The van der Waals surface area contributed by atoms with Crippen LogP contribution in [-0.2, 0) is 11.2 Å². The largest absolute Gasteiger partial charge is 0.290 e. The van der Waals surface area contributed by atoms with Gasteiger partial charge in [-0.05, 0) is 12.0 Å². The molecule has 0 aliphatic heterocycles. The molecule has 0 aliphatic carbocycles. The second-order valence-electron chi connectivity index (χ2n) is 4.29. The zero-order chi connectivity index (χ0) is 12.1. The molecule has 0 atom stereocenters. The second kappa shape index (κ2) is 5.59. The van der Waals surface area contributed by atoms with Gasteiger partial charge >= 0.3 is 0 Å². The van der Waals surface area contributed by atoms with Crippen molar-refractivity contribution in [3.05, 3.63) is 35.4 Å². The van der Waals surface area contributed by atoms with E-state index in [0.717, 1.165) is 12.8 Å². The Morgan fingerprint density at radius 2 is 1.69 bits per heavy atom. The topological polar surface area (TPSA) is 34.1 Å². The summed E-state index contributed by atoms with van der Waals surface area (Å²) in [5, 5.41) is 0. The molecule has 1 aromatic carbocycles. The van der Waals surface area contributed by atoms with Crippen LogP contribution in [0.3, 0.4) is 0 Å². The van der Waals surface area contributed by atoms with E-state index in [2.05, 4.69) is 6.92 Å². The molecule has 0 spiro atoms. The molecule has 0 aliphatic rings. The van der Waals surface area contributed by atoms with Gasteiger partial charge in [-0.15, -0.1) is 0 Å². The molecule has 0 fully saturated rings. The Morgan fingerprint density at radius 1 is 1.12 bits per heavy atom. The van der Waals surface area contributed by atoms with E-state index in [0.29, 0.717) is 5.56 Å². The molecule has 1 aromatic rings. The maximum atomic E-state index is 11.7. The fourth-order valence-electron chi connectivity index (χ4n) is 1.52. The SMILES string of the molecule is CCCc1ccc(C(=O)C(=O)C(C)C)cc1. The molecule has 1 rings (SSSR count). The number of rotatable bonds is 5. The van der Waals surface area contributed by atoms with Crippen LogP contribution in [0.25, 0.3) is 0 Å². The van der Waals surface area contributed by atoms with E-state index >= 15 is 0 Å². The minimum absolute atomic E-state index is 0.234. The van der Waals surface area contributed by atoms with Crippen molar-refractivity contribution in [3.63, 3.8) is 0 Å². The van der Waals surface area contributed by atoms with E-state index in [9.17, 15) is 9.59 Å². The predicted octanol–water partition coefficient (Wildman–Crippen LogP) is 3.05. The zero-order valence-electron chi connectivity index (χ0n) is 10.1. The van der Waals surface area contributed by atoms with Gasteiger partial charge in [0.05, 0.1) is 0 Å². The number of carbonyl (C=O) groups excluding carboxylic acids is 2. The standard InChI is InChI=1S/C14H18O2/c1-4-5-11-6-8-12(9-7-11)14(16)13(15)10(2)3/h6-10H,4-5H2,1-3H3. The van der Waals surface area contributed by atoms with Crippen LogP contribution in [0.5, 0.6) is 0 Å². The van der Waals surface area contributed by atoms with Crippen molar-refractivity contribution >= 4 is 11.6 Å². The molecule has 0 unspecified atom stereocenters. The highest BCUT2D eigenvalue weighted by Crippen LogP contribution is 2.09. The first-order valence-corrected chi connectivity index (χ1v) is 5.73. The van der Waals surface area contributed by atoms with Gasteiger partial charge in [0.15, 0.2) is 0 Å². The zero-order valence-corrected chi connectivity index (χ0v) is 10.1. The first-order chi connectivity index (χ1) is 7.56. The first kappa shape index (κ1) is 12.6. The van der Waals surface area contributed by atoms with E-state index in [1.54, 1.807) is 26.0 Å². The van der Waals surface area contributed by atoms with Gasteiger partial charge in [-0.3, -0.25) is 9.59 Å². The summed E-state index contributed by atoms with van der Waals surface area (Å²) in [6, 6.07) is 7.33. The van der Waals surface area contributed by atoms with Crippen LogP contribution in [0, 0.1) is 5.92 Å². The van der Waals surface area contributed by atoms with Gasteiger partial charge in [-0.25, -0.2) is 0 Å². The van der Waals surface area contributed by atoms with Crippen LogP contribution in [-0.4, -0.2) is 11.6 Å². The smallest absolute Gasteiger partial charge is 0.228 e. The molecule has 2 heteroatoms. The predicted molar refractivity (Wildman–Crippen MR) is 64.6 cm³/mol. The summed E-state index contributed by atoms with van der Waals surface area (Å²) in [6.45, 7) is 5.60. The molecule has 0 radical (unpaired) electrons. The van der Waals surface area contributed by atoms with Crippen molar-refractivity contribution in [1.82, 2.24) is 0 Å². The summed E-state index contributed by atoms with van der Waals surface area (Å²) >= 11 is 0. The van der Waals surface area contributed by atoms with Crippen LogP contribution in [0.2, 0.25) is 0 Å². The highest BCUT2D eigenvalue weighted by atomic mass is 16.2. The highest BCUT2D eigenvalue weighted by molar-refractivity contribution is 6.44. The van der Waals surface area contributed by atoms with Gasteiger partial charge in [0.25, 0.3) is 0 Å². The van der Waals surface area contributed by atoms with E-state index in [-0.39, 0.29) is 17.5 Å². The van der Waals surface area contributed by atoms with E-state index < -0.39 is 0 Å². The number of carbonyl (C=O) groups is 2. The van der Waals surface area contributed by atoms with Crippen molar-refractivity contribution in [2.75, 3.05) is 0 Å². The Morgan fingerprint density at radius 3 is 2.12 bits per heavy atom. The van der Waals surface area contributed by atoms with Crippen LogP contribution in [0.15, 0.2) is 24.3 Å². The Kier molecular flexibility index (Phi) is 4.41. The van der Waals surface area contributed by atoms with Gasteiger partial charge in [0.2, 0.25) is 11.6 Å². The van der Waals surface area contributed by atoms with Crippen molar-refractivity contribution in [1.29, 1.82) is 0 Å². The van der Waals surface area contributed by atoms with Gasteiger partial charge in [0.1, 0.15) is 0 Å². The maximum absolute atomic E-state index is 11.7. The number of Topliss-reactive ketones (excluding diaryl/α,β-unsaturated/α-hetero) is 2. The highest BCUT2D eigenvalue weighted by Gasteiger charge is 2.18. The third kappa shape index (κ3) is 3.02. The summed E-state index contributed by atoms with van der Waals surface area (Å²) in [6.07, 6.45) is 2.09. The molecule has 0 saturated heterocycles. The Labute approximate surface area is 96.7 Å². The second-order valence-corrected chi connectivity index (χ2v) is 4.29. The minimum atomic E-state index is -0.377. The summed E-state index contributed by atoms with van der Waals surface area (Å²) in [5.74, 6) is -0.927. The van der Waals surface area contributed by atoms with Crippen LogP contribution >= 0.6 is 0 Å². The third-order valence-electron chi connectivity index (χ3n) is 2.50. The normalized spacial score (nSPS) is 10.5. The quantitative estimate of drug-likeness (QED) is 0.562. The number of hydrogen-bond donors (Lipinski definition) is 0. The lowest BCUT2D eigenvalue weighted by Crippen LogP contribution is -2.19. The molecule has 86 valence electrons. The molecular weight excluding hydrogens is 200 g/mol. The van der Waals surface area contributed by atoms with E-state index in [4.69, 9.17) is 0 Å². The summed E-state index contributed by atoms with van der Waals surface area (Å²) in [5.41, 5.74) is 1.70. The average Bonchev–Trinajstić information content (AvgIpc) is 2.28. The molecular formula is C14H18O2. The molecule has 0 amide bonds.